The third-order valence-electron chi connectivity index (χ3n) is 3.09. The first kappa shape index (κ1) is 14.6. The van der Waals surface area contributed by atoms with Crippen LogP contribution in [0.2, 0.25) is 0 Å². The third kappa shape index (κ3) is 3.37. The summed E-state index contributed by atoms with van der Waals surface area (Å²) in [5.41, 5.74) is 1.43. The molecule has 1 aromatic carbocycles. The molecule has 0 unspecified atom stereocenters. The first-order valence-electron chi connectivity index (χ1n) is 6.29. The molecule has 0 radical (unpaired) electrons. The summed E-state index contributed by atoms with van der Waals surface area (Å²) in [5, 5.41) is 13.9. The lowest BCUT2D eigenvalue weighted by atomic mass is 10.1. The summed E-state index contributed by atoms with van der Waals surface area (Å²) in [5.74, 6) is -0.0322. The Labute approximate surface area is 122 Å². The number of benzene rings is 1. The van der Waals surface area contributed by atoms with E-state index in [1.807, 2.05) is 24.3 Å². The fraction of sp³-hybridized carbons (Fsp3) is 0.267. The van der Waals surface area contributed by atoms with E-state index in [-0.39, 0.29) is 6.04 Å². The normalized spacial score (nSPS) is 12.1. The number of rotatable bonds is 6. The van der Waals surface area contributed by atoms with Gasteiger partial charge in [-0.1, -0.05) is 18.2 Å². The number of carboxylic acids is 1. The van der Waals surface area contributed by atoms with Crippen LogP contribution in [0.15, 0.2) is 35.7 Å². The highest BCUT2D eigenvalue weighted by Crippen LogP contribution is 2.25. The number of methoxy groups -OCH3 is 1. The van der Waals surface area contributed by atoms with Crippen LogP contribution >= 0.6 is 11.3 Å². The molecule has 0 amide bonds. The number of carbonyl (C=O) groups is 1. The Hall–Kier alpha value is -1.85. The molecule has 0 saturated heterocycles. The fourth-order valence-electron chi connectivity index (χ4n) is 1.97. The van der Waals surface area contributed by atoms with Gasteiger partial charge in [0.1, 0.15) is 5.75 Å². The lowest BCUT2D eigenvalue weighted by molar-refractivity contribution is 0.0697. The van der Waals surface area contributed by atoms with Crippen molar-refractivity contribution in [2.45, 2.75) is 19.5 Å². The maximum Gasteiger partial charge on any atom is 0.336 e. The molecule has 4 nitrogen and oxygen atoms in total. The van der Waals surface area contributed by atoms with E-state index in [0.29, 0.717) is 12.1 Å². The van der Waals surface area contributed by atoms with Crippen LogP contribution in [0, 0.1) is 0 Å². The standard InChI is InChI=1S/C15H17NO3S/c1-10(13-5-3-4-6-14(13)19-2)16-8-12-7-11(9-20-12)15(17)18/h3-7,9-10,16H,8H2,1-2H3,(H,17,18)/t10-/m0/s1. The smallest absolute Gasteiger partial charge is 0.336 e. The minimum atomic E-state index is -0.884. The number of hydrogen-bond acceptors (Lipinski definition) is 4. The Bertz CT molecular complexity index is 594. The van der Waals surface area contributed by atoms with Crippen LogP contribution in [0.1, 0.15) is 33.8 Å². The largest absolute Gasteiger partial charge is 0.496 e. The Morgan fingerprint density at radius 3 is 2.85 bits per heavy atom. The molecule has 2 aromatic rings. The molecule has 0 bridgehead atoms. The number of hydrogen-bond donors (Lipinski definition) is 2. The molecule has 1 aromatic heterocycles. The average Bonchev–Trinajstić information content (AvgIpc) is 2.94. The van der Waals surface area contributed by atoms with E-state index in [1.54, 1.807) is 18.6 Å². The molecule has 0 aliphatic rings. The fourth-order valence-corrected chi connectivity index (χ4v) is 2.78. The highest BCUT2D eigenvalue weighted by Gasteiger charge is 2.11. The van der Waals surface area contributed by atoms with E-state index in [4.69, 9.17) is 9.84 Å². The maximum absolute atomic E-state index is 10.8. The molecule has 0 aliphatic carbocycles. The first-order valence-corrected chi connectivity index (χ1v) is 7.16. The SMILES string of the molecule is COc1ccccc1[C@H](C)NCc1cc(C(=O)O)cs1. The lowest BCUT2D eigenvalue weighted by Gasteiger charge is -2.16. The molecule has 2 N–H and O–H groups in total. The highest BCUT2D eigenvalue weighted by molar-refractivity contribution is 7.10. The molecule has 5 heteroatoms. The Balaban J connectivity index is 2.00. The van der Waals surface area contributed by atoms with E-state index in [0.717, 1.165) is 16.2 Å². The zero-order valence-electron chi connectivity index (χ0n) is 11.4. The Morgan fingerprint density at radius 1 is 1.45 bits per heavy atom. The van der Waals surface area contributed by atoms with Gasteiger partial charge in [-0.15, -0.1) is 11.3 Å². The van der Waals surface area contributed by atoms with Crippen LogP contribution in [0.4, 0.5) is 0 Å². The van der Waals surface area contributed by atoms with Gasteiger partial charge in [0.15, 0.2) is 0 Å². The molecule has 1 heterocycles. The molecule has 1 atom stereocenters. The summed E-state index contributed by atoms with van der Waals surface area (Å²) in [6.45, 7) is 2.70. The quantitative estimate of drug-likeness (QED) is 0.857. The highest BCUT2D eigenvalue weighted by atomic mass is 32.1. The van der Waals surface area contributed by atoms with Crippen LogP contribution in [0.3, 0.4) is 0 Å². The zero-order valence-corrected chi connectivity index (χ0v) is 12.2. The zero-order chi connectivity index (χ0) is 14.5. The van der Waals surface area contributed by atoms with Crippen LogP contribution in [0.5, 0.6) is 5.75 Å². The summed E-state index contributed by atoms with van der Waals surface area (Å²) in [4.78, 5) is 11.8. The summed E-state index contributed by atoms with van der Waals surface area (Å²) in [7, 11) is 1.66. The van der Waals surface area contributed by atoms with Crippen molar-refractivity contribution in [3.8, 4) is 5.75 Å². The molecule has 2 rings (SSSR count). The number of aromatic carboxylic acids is 1. The van der Waals surface area contributed by atoms with Crippen LogP contribution in [-0.4, -0.2) is 18.2 Å². The molecule has 0 saturated carbocycles. The number of ether oxygens (including phenoxy) is 1. The number of thiophene rings is 1. The van der Waals surface area contributed by atoms with Gasteiger partial charge in [-0.2, -0.15) is 0 Å². The topological polar surface area (TPSA) is 58.6 Å². The average molecular weight is 291 g/mol. The van der Waals surface area contributed by atoms with E-state index in [1.165, 1.54) is 11.3 Å². The Morgan fingerprint density at radius 2 is 2.20 bits per heavy atom. The molecule has 0 spiro atoms. The van der Waals surface area contributed by atoms with Gasteiger partial charge in [0.05, 0.1) is 12.7 Å². The molecular formula is C15H17NO3S. The predicted octanol–water partition coefficient (Wildman–Crippen LogP) is 3.31. The second-order valence-electron chi connectivity index (χ2n) is 4.45. The summed E-state index contributed by atoms with van der Waals surface area (Å²) < 4.78 is 5.34. The van der Waals surface area contributed by atoms with Crippen molar-refractivity contribution in [2.24, 2.45) is 0 Å². The minimum Gasteiger partial charge on any atom is -0.496 e. The monoisotopic (exact) mass is 291 g/mol. The van der Waals surface area contributed by atoms with Crippen molar-refractivity contribution in [2.75, 3.05) is 7.11 Å². The predicted molar refractivity (Wildman–Crippen MR) is 79.5 cm³/mol. The molecule has 0 aliphatic heterocycles. The van der Waals surface area contributed by atoms with Gasteiger partial charge in [0.2, 0.25) is 0 Å². The van der Waals surface area contributed by atoms with Gasteiger partial charge in [0, 0.05) is 28.4 Å². The van der Waals surface area contributed by atoms with Gasteiger partial charge in [-0.05, 0) is 19.1 Å². The van der Waals surface area contributed by atoms with Crippen molar-refractivity contribution in [1.82, 2.24) is 5.32 Å². The van der Waals surface area contributed by atoms with Crippen LogP contribution in [0.25, 0.3) is 0 Å². The maximum atomic E-state index is 10.8. The van der Waals surface area contributed by atoms with Crippen molar-refractivity contribution < 1.29 is 14.6 Å². The van der Waals surface area contributed by atoms with Crippen molar-refractivity contribution in [3.63, 3.8) is 0 Å². The van der Waals surface area contributed by atoms with Crippen LogP contribution < -0.4 is 10.1 Å². The number of carboxylic acid groups (broad SMARTS) is 1. The minimum absolute atomic E-state index is 0.126. The molecule has 20 heavy (non-hydrogen) atoms. The molecule has 106 valence electrons. The summed E-state index contributed by atoms with van der Waals surface area (Å²) >= 11 is 1.45. The van der Waals surface area contributed by atoms with E-state index < -0.39 is 5.97 Å². The van der Waals surface area contributed by atoms with Gasteiger partial charge < -0.3 is 15.2 Å². The van der Waals surface area contributed by atoms with E-state index in [2.05, 4.69) is 12.2 Å². The van der Waals surface area contributed by atoms with Gasteiger partial charge in [-0.25, -0.2) is 4.79 Å². The summed E-state index contributed by atoms with van der Waals surface area (Å²) in [6, 6.07) is 9.70. The van der Waals surface area contributed by atoms with Gasteiger partial charge in [-0.3, -0.25) is 0 Å². The molecule has 0 fully saturated rings. The number of nitrogens with one attached hydrogen (secondary N) is 1. The lowest BCUT2D eigenvalue weighted by Crippen LogP contribution is -2.18. The third-order valence-corrected chi connectivity index (χ3v) is 4.03. The molecular weight excluding hydrogens is 274 g/mol. The Kier molecular flexibility index (Phi) is 4.76. The van der Waals surface area contributed by atoms with E-state index >= 15 is 0 Å². The van der Waals surface area contributed by atoms with Crippen molar-refractivity contribution in [1.29, 1.82) is 0 Å². The van der Waals surface area contributed by atoms with Gasteiger partial charge in [0.25, 0.3) is 0 Å². The number of para-hydroxylation sites is 1. The van der Waals surface area contributed by atoms with Crippen molar-refractivity contribution in [3.05, 3.63) is 51.7 Å². The van der Waals surface area contributed by atoms with Gasteiger partial charge >= 0.3 is 5.97 Å². The van der Waals surface area contributed by atoms with Crippen molar-refractivity contribution >= 4 is 17.3 Å². The second kappa shape index (κ2) is 6.54. The first-order chi connectivity index (χ1) is 9.61. The summed E-state index contributed by atoms with van der Waals surface area (Å²) in [6.07, 6.45) is 0. The van der Waals surface area contributed by atoms with Crippen LogP contribution in [-0.2, 0) is 6.54 Å². The second-order valence-corrected chi connectivity index (χ2v) is 5.45. The van der Waals surface area contributed by atoms with E-state index in [9.17, 15) is 4.79 Å².